The molecule has 0 aromatic heterocycles. The van der Waals surface area contributed by atoms with Gasteiger partial charge in [0.05, 0.1) is 0 Å². The predicted octanol–water partition coefficient (Wildman–Crippen LogP) is 4.69. The Morgan fingerprint density at radius 1 is 1.19 bits per heavy atom. The van der Waals surface area contributed by atoms with Gasteiger partial charge in [0.2, 0.25) is 0 Å². The van der Waals surface area contributed by atoms with Crippen LogP contribution in [0.3, 0.4) is 0 Å². The van der Waals surface area contributed by atoms with E-state index in [1.165, 1.54) is 0 Å². The van der Waals surface area contributed by atoms with Crippen LogP contribution in [-0.4, -0.2) is 17.4 Å². The normalized spacial score (nSPS) is 14.8. The molecule has 0 unspecified atom stereocenters. The maximum Gasteiger partial charge on any atom is 0.254 e. The van der Waals surface area contributed by atoms with E-state index in [-0.39, 0.29) is 5.91 Å². The monoisotopic (exact) mass is 363 g/mol. The Labute approximate surface area is 137 Å². The van der Waals surface area contributed by atoms with E-state index < -0.39 is 0 Å². The van der Waals surface area contributed by atoms with Crippen molar-refractivity contribution in [2.24, 2.45) is 0 Å². The summed E-state index contributed by atoms with van der Waals surface area (Å²) >= 11 is 9.67. The number of halogens is 2. The van der Waals surface area contributed by atoms with Gasteiger partial charge in [0.15, 0.2) is 0 Å². The van der Waals surface area contributed by atoms with Crippen LogP contribution in [0.2, 0.25) is 5.02 Å². The first-order chi connectivity index (χ1) is 10.1. The van der Waals surface area contributed by atoms with Gasteiger partial charge in [-0.25, -0.2) is 0 Å². The van der Waals surface area contributed by atoms with Crippen LogP contribution in [-0.2, 0) is 13.0 Å². The lowest BCUT2D eigenvalue weighted by atomic mass is 10.0. The molecule has 0 radical (unpaired) electrons. The topological polar surface area (TPSA) is 20.3 Å². The molecule has 4 heteroatoms. The Morgan fingerprint density at radius 2 is 2.00 bits per heavy atom. The number of fused-ring (bicyclic) bond motifs is 1. The predicted molar refractivity (Wildman–Crippen MR) is 88.7 cm³/mol. The van der Waals surface area contributed by atoms with E-state index in [0.29, 0.717) is 11.6 Å². The molecule has 0 fully saturated rings. The Balaban J connectivity index is 1.87. The number of aryl methyl sites for hydroxylation is 1. The third-order valence-electron chi connectivity index (χ3n) is 3.79. The zero-order valence-corrected chi connectivity index (χ0v) is 13.8. The van der Waals surface area contributed by atoms with E-state index >= 15 is 0 Å². The quantitative estimate of drug-likeness (QED) is 0.757. The number of rotatable bonds is 2. The van der Waals surface area contributed by atoms with Gasteiger partial charge in [0.1, 0.15) is 0 Å². The summed E-state index contributed by atoms with van der Waals surface area (Å²) in [5, 5.41) is 0.690. The molecule has 3 rings (SSSR count). The summed E-state index contributed by atoms with van der Waals surface area (Å²) in [6.07, 6.45) is 1.93. The summed E-state index contributed by atoms with van der Waals surface area (Å²) in [4.78, 5) is 14.6. The standard InChI is InChI=1S/C17H15BrClNO/c18-14-8-7-13(16(19)10-14)11-20-9-3-5-12-4-1-2-6-15(12)17(20)21/h1-2,4,6-8,10H,3,5,9,11H2. The Morgan fingerprint density at radius 3 is 2.81 bits per heavy atom. The number of hydrogen-bond donors (Lipinski definition) is 0. The fraction of sp³-hybridized carbons (Fsp3) is 0.235. The second-order valence-electron chi connectivity index (χ2n) is 5.22. The highest BCUT2D eigenvalue weighted by atomic mass is 79.9. The largest absolute Gasteiger partial charge is 0.334 e. The number of hydrogen-bond acceptors (Lipinski definition) is 1. The molecule has 1 heterocycles. The highest BCUT2D eigenvalue weighted by Crippen LogP contribution is 2.25. The molecule has 0 saturated heterocycles. The minimum absolute atomic E-state index is 0.0992. The van der Waals surface area contributed by atoms with Crippen LogP contribution in [0, 0.1) is 0 Å². The number of nitrogens with zero attached hydrogens (tertiary/aromatic N) is 1. The second-order valence-corrected chi connectivity index (χ2v) is 6.55. The molecule has 2 nitrogen and oxygen atoms in total. The number of carbonyl (C=O) groups excluding carboxylic acids is 1. The van der Waals surface area contributed by atoms with Gasteiger partial charge in [-0.2, -0.15) is 0 Å². The molecule has 0 atom stereocenters. The van der Waals surface area contributed by atoms with Crippen molar-refractivity contribution in [1.82, 2.24) is 4.90 Å². The van der Waals surface area contributed by atoms with Crippen molar-refractivity contribution in [3.63, 3.8) is 0 Å². The first-order valence-electron chi connectivity index (χ1n) is 6.96. The van der Waals surface area contributed by atoms with Gasteiger partial charge in [-0.05, 0) is 42.2 Å². The third kappa shape index (κ3) is 3.14. The number of benzene rings is 2. The van der Waals surface area contributed by atoms with Crippen LogP contribution >= 0.6 is 27.5 Å². The molecule has 2 aromatic rings. The molecule has 2 aromatic carbocycles. The molecular formula is C17H15BrClNO. The van der Waals surface area contributed by atoms with Crippen molar-refractivity contribution in [2.75, 3.05) is 6.54 Å². The minimum Gasteiger partial charge on any atom is -0.334 e. The van der Waals surface area contributed by atoms with Crippen molar-refractivity contribution in [3.8, 4) is 0 Å². The van der Waals surface area contributed by atoms with Crippen molar-refractivity contribution in [2.45, 2.75) is 19.4 Å². The molecule has 0 bridgehead atoms. The average Bonchev–Trinajstić information content (AvgIpc) is 2.63. The lowest BCUT2D eigenvalue weighted by Crippen LogP contribution is -2.30. The van der Waals surface area contributed by atoms with E-state index in [1.54, 1.807) is 0 Å². The number of carbonyl (C=O) groups is 1. The molecule has 1 aliphatic rings. The van der Waals surface area contributed by atoms with Crippen LogP contribution in [0.5, 0.6) is 0 Å². The summed E-state index contributed by atoms with van der Waals surface area (Å²) in [6, 6.07) is 13.7. The van der Waals surface area contributed by atoms with Crippen LogP contribution in [0.25, 0.3) is 0 Å². The Hall–Kier alpha value is -1.32. The number of amides is 1. The highest BCUT2D eigenvalue weighted by molar-refractivity contribution is 9.10. The van der Waals surface area contributed by atoms with E-state index in [0.717, 1.165) is 40.5 Å². The van der Waals surface area contributed by atoms with Gasteiger partial charge in [0, 0.05) is 28.1 Å². The fourth-order valence-corrected chi connectivity index (χ4v) is 3.42. The van der Waals surface area contributed by atoms with E-state index in [4.69, 9.17) is 11.6 Å². The molecule has 1 aliphatic heterocycles. The lowest BCUT2D eigenvalue weighted by Gasteiger charge is -2.21. The van der Waals surface area contributed by atoms with Crippen molar-refractivity contribution in [1.29, 1.82) is 0 Å². The van der Waals surface area contributed by atoms with Gasteiger partial charge in [-0.3, -0.25) is 4.79 Å². The molecular weight excluding hydrogens is 350 g/mol. The first-order valence-corrected chi connectivity index (χ1v) is 8.13. The van der Waals surface area contributed by atoms with Crippen LogP contribution < -0.4 is 0 Å². The SMILES string of the molecule is O=C1c2ccccc2CCCN1Cc1ccc(Br)cc1Cl. The van der Waals surface area contributed by atoms with E-state index in [9.17, 15) is 4.79 Å². The summed E-state index contributed by atoms with van der Waals surface area (Å²) in [6.45, 7) is 1.32. The second kappa shape index (κ2) is 6.20. The van der Waals surface area contributed by atoms with Gasteiger partial charge in [-0.15, -0.1) is 0 Å². The summed E-state index contributed by atoms with van der Waals surface area (Å²) < 4.78 is 0.948. The molecule has 0 N–H and O–H groups in total. The van der Waals surface area contributed by atoms with Gasteiger partial charge < -0.3 is 4.90 Å². The minimum atomic E-state index is 0.0992. The van der Waals surface area contributed by atoms with Crippen LogP contribution in [0.15, 0.2) is 46.9 Å². The van der Waals surface area contributed by atoms with Crippen molar-refractivity contribution < 1.29 is 4.79 Å². The van der Waals surface area contributed by atoms with E-state index in [2.05, 4.69) is 15.9 Å². The molecule has 21 heavy (non-hydrogen) atoms. The van der Waals surface area contributed by atoms with Gasteiger partial charge >= 0.3 is 0 Å². The first kappa shape index (κ1) is 14.6. The Kier molecular flexibility index (Phi) is 4.32. The smallest absolute Gasteiger partial charge is 0.254 e. The summed E-state index contributed by atoms with van der Waals surface area (Å²) in [7, 11) is 0. The molecule has 0 saturated carbocycles. The molecule has 108 valence electrons. The van der Waals surface area contributed by atoms with Gasteiger partial charge in [-0.1, -0.05) is 51.8 Å². The molecule has 0 aliphatic carbocycles. The maximum atomic E-state index is 12.7. The zero-order chi connectivity index (χ0) is 14.8. The maximum absolute atomic E-state index is 12.7. The highest BCUT2D eigenvalue weighted by Gasteiger charge is 2.22. The van der Waals surface area contributed by atoms with Gasteiger partial charge in [0.25, 0.3) is 5.91 Å². The fourth-order valence-electron chi connectivity index (χ4n) is 2.69. The Bertz CT molecular complexity index is 686. The third-order valence-corrected chi connectivity index (χ3v) is 4.63. The summed E-state index contributed by atoms with van der Waals surface area (Å²) in [5.41, 5.74) is 2.95. The van der Waals surface area contributed by atoms with Crippen LogP contribution in [0.4, 0.5) is 0 Å². The van der Waals surface area contributed by atoms with Crippen LogP contribution in [0.1, 0.15) is 27.9 Å². The molecule has 1 amide bonds. The average molecular weight is 365 g/mol. The zero-order valence-electron chi connectivity index (χ0n) is 11.5. The lowest BCUT2D eigenvalue weighted by molar-refractivity contribution is 0.0749. The summed E-state index contributed by atoms with van der Waals surface area (Å²) in [5.74, 6) is 0.0992. The molecule has 0 spiro atoms. The van der Waals surface area contributed by atoms with Crippen molar-refractivity contribution in [3.05, 3.63) is 68.7 Å². The van der Waals surface area contributed by atoms with Crippen molar-refractivity contribution >= 4 is 33.4 Å². The van der Waals surface area contributed by atoms with E-state index in [1.807, 2.05) is 47.4 Å².